The first-order valence-electron chi connectivity index (χ1n) is 2.25. The highest BCUT2D eigenvalue weighted by Crippen LogP contribution is 2.08. The lowest BCUT2D eigenvalue weighted by Crippen LogP contribution is -2.04. The molecular weight excluding hydrogens is 106 g/mol. The van der Waals surface area contributed by atoms with Crippen molar-refractivity contribution < 1.29 is 0 Å². The summed E-state index contributed by atoms with van der Waals surface area (Å²) in [5, 5.41) is 0. The Morgan fingerprint density at radius 1 is 1.43 bits per heavy atom. The van der Waals surface area contributed by atoms with Gasteiger partial charge < -0.3 is 0 Å². The summed E-state index contributed by atoms with van der Waals surface area (Å²) in [6.07, 6.45) is 1.80. The van der Waals surface area contributed by atoms with Gasteiger partial charge in [0.25, 0.3) is 0 Å². The van der Waals surface area contributed by atoms with E-state index < -0.39 is 0 Å². The zero-order valence-electron chi connectivity index (χ0n) is 4.97. The quantitative estimate of drug-likeness (QED) is 0.368. The summed E-state index contributed by atoms with van der Waals surface area (Å²) < 4.78 is 3.58. The molecular formula is C5H11NS. The zero-order valence-corrected chi connectivity index (χ0v) is 5.87. The molecule has 0 aliphatic carbocycles. The minimum absolute atomic E-state index is 0.182. The van der Waals surface area contributed by atoms with Crippen LogP contribution in [-0.4, -0.2) is 6.21 Å². The minimum atomic E-state index is 0.182. The van der Waals surface area contributed by atoms with Crippen LogP contribution in [0.2, 0.25) is 0 Å². The van der Waals surface area contributed by atoms with Gasteiger partial charge in [-0.05, 0) is 18.2 Å². The largest absolute Gasteiger partial charge is 0.232 e. The van der Waals surface area contributed by atoms with Gasteiger partial charge in [-0.3, -0.25) is 0 Å². The Hall–Kier alpha value is 0.0200. The van der Waals surface area contributed by atoms with Gasteiger partial charge in [-0.15, -0.1) is 0 Å². The fourth-order valence-electron chi connectivity index (χ4n) is 0.173. The molecule has 0 rings (SSSR count). The van der Waals surface area contributed by atoms with E-state index in [0.29, 0.717) is 0 Å². The molecule has 0 radical (unpaired) electrons. The smallest absolute Gasteiger partial charge is 0.0176 e. The van der Waals surface area contributed by atoms with Crippen molar-refractivity contribution in [3.05, 3.63) is 0 Å². The van der Waals surface area contributed by atoms with Crippen molar-refractivity contribution in [2.24, 2.45) is 9.81 Å². The molecule has 0 atom stereocenters. The van der Waals surface area contributed by atoms with Gasteiger partial charge in [-0.2, -0.15) is 0 Å². The van der Waals surface area contributed by atoms with Gasteiger partial charge >= 0.3 is 0 Å². The van der Waals surface area contributed by atoms with E-state index in [-0.39, 0.29) is 5.41 Å². The van der Waals surface area contributed by atoms with Crippen molar-refractivity contribution >= 4 is 19.0 Å². The highest BCUT2D eigenvalue weighted by molar-refractivity contribution is 7.78. The molecule has 0 bridgehead atoms. The molecule has 0 unspecified atom stereocenters. The number of nitrogens with zero attached hydrogens (tertiary/aromatic N) is 1. The maximum absolute atomic E-state index is 3.68. The molecule has 0 saturated heterocycles. The molecule has 0 spiro atoms. The summed E-state index contributed by atoms with van der Waals surface area (Å²) in [6, 6.07) is 0. The van der Waals surface area contributed by atoms with Gasteiger partial charge in [0.2, 0.25) is 0 Å². The lowest BCUT2D eigenvalue weighted by Gasteiger charge is -2.07. The average molecular weight is 117 g/mol. The van der Waals surface area contributed by atoms with Crippen molar-refractivity contribution in [1.82, 2.24) is 0 Å². The molecule has 0 aliphatic heterocycles. The van der Waals surface area contributed by atoms with Gasteiger partial charge in [0, 0.05) is 6.21 Å². The van der Waals surface area contributed by atoms with E-state index in [1.54, 1.807) is 6.21 Å². The van der Waals surface area contributed by atoms with Crippen LogP contribution in [0.4, 0.5) is 0 Å². The zero-order chi connectivity index (χ0) is 5.91. The average Bonchev–Trinajstić information content (AvgIpc) is 1.30. The van der Waals surface area contributed by atoms with E-state index in [0.717, 1.165) is 0 Å². The fourth-order valence-corrected chi connectivity index (χ4v) is 0.520. The predicted octanol–water partition coefficient (Wildman–Crippen LogP) is 1.95. The van der Waals surface area contributed by atoms with Crippen LogP contribution in [0, 0.1) is 5.41 Å². The van der Waals surface area contributed by atoms with Crippen LogP contribution in [-0.2, 0) is 0 Å². The van der Waals surface area contributed by atoms with Gasteiger partial charge in [0.1, 0.15) is 0 Å². The van der Waals surface area contributed by atoms with E-state index in [1.165, 1.54) is 0 Å². The molecule has 0 aromatic rings. The molecule has 0 saturated carbocycles. The molecule has 0 N–H and O–H groups in total. The Kier molecular flexibility index (Phi) is 2.37. The van der Waals surface area contributed by atoms with E-state index in [1.807, 2.05) is 0 Å². The predicted molar refractivity (Wildman–Crippen MR) is 36.9 cm³/mol. The number of hydrogen-bond acceptors (Lipinski definition) is 2. The third-order valence-electron chi connectivity index (χ3n) is 0.445. The van der Waals surface area contributed by atoms with E-state index in [2.05, 4.69) is 38.0 Å². The number of thiol groups is 1. The summed E-state index contributed by atoms with van der Waals surface area (Å²) in [7, 11) is 0. The molecule has 0 aromatic carbocycles. The second-order valence-electron chi connectivity index (χ2n) is 2.61. The van der Waals surface area contributed by atoms with Crippen LogP contribution >= 0.6 is 12.8 Å². The molecule has 0 fully saturated rings. The van der Waals surface area contributed by atoms with Crippen LogP contribution < -0.4 is 0 Å². The maximum Gasteiger partial charge on any atom is 0.0176 e. The first kappa shape index (κ1) is 7.02. The molecule has 0 heterocycles. The summed E-state index contributed by atoms with van der Waals surface area (Å²) in [6.45, 7) is 6.23. The van der Waals surface area contributed by atoms with Crippen LogP contribution in [0.3, 0.4) is 0 Å². The van der Waals surface area contributed by atoms with Crippen molar-refractivity contribution in [2.45, 2.75) is 20.8 Å². The molecule has 42 valence electrons. The molecule has 2 heteroatoms. The number of hydrogen-bond donors (Lipinski definition) is 1. The SMILES string of the molecule is CC(C)(C)/C=N/S. The van der Waals surface area contributed by atoms with Gasteiger partial charge in [0.15, 0.2) is 0 Å². The Bertz CT molecular complexity index is 70.6. The highest BCUT2D eigenvalue weighted by atomic mass is 32.1. The van der Waals surface area contributed by atoms with Gasteiger partial charge in [-0.1, -0.05) is 20.8 Å². The fraction of sp³-hybridized carbons (Fsp3) is 0.800. The second-order valence-corrected chi connectivity index (χ2v) is 2.84. The second kappa shape index (κ2) is 2.36. The van der Waals surface area contributed by atoms with Gasteiger partial charge in [0.05, 0.1) is 0 Å². The lowest BCUT2D eigenvalue weighted by molar-refractivity contribution is 0.608. The Morgan fingerprint density at radius 2 is 1.86 bits per heavy atom. The minimum Gasteiger partial charge on any atom is -0.232 e. The van der Waals surface area contributed by atoms with Crippen LogP contribution in [0.15, 0.2) is 4.40 Å². The summed E-state index contributed by atoms with van der Waals surface area (Å²) >= 11 is 3.68. The van der Waals surface area contributed by atoms with Crippen LogP contribution in [0.25, 0.3) is 0 Å². The summed E-state index contributed by atoms with van der Waals surface area (Å²) in [5.74, 6) is 0. The molecule has 1 nitrogen and oxygen atoms in total. The third kappa shape index (κ3) is 6.02. The standard InChI is InChI=1S/C5H11NS/c1-5(2,3)4-6-7/h4,7H,1-3H3/b6-4+. The Morgan fingerprint density at radius 3 is 1.86 bits per heavy atom. The molecule has 7 heavy (non-hydrogen) atoms. The van der Waals surface area contributed by atoms with Crippen LogP contribution in [0.5, 0.6) is 0 Å². The molecule has 0 amide bonds. The topological polar surface area (TPSA) is 12.4 Å². The van der Waals surface area contributed by atoms with Crippen molar-refractivity contribution in [1.29, 1.82) is 0 Å². The van der Waals surface area contributed by atoms with E-state index in [4.69, 9.17) is 0 Å². The molecule has 0 aromatic heterocycles. The first-order chi connectivity index (χ1) is 3.06. The van der Waals surface area contributed by atoms with Crippen molar-refractivity contribution in [3.8, 4) is 0 Å². The highest BCUT2D eigenvalue weighted by Gasteiger charge is 2.02. The van der Waals surface area contributed by atoms with Crippen molar-refractivity contribution in [3.63, 3.8) is 0 Å². The van der Waals surface area contributed by atoms with E-state index in [9.17, 15) is 0 Å². The Balaban J connectivity index is 3.56. The van der Waals surface area contributed by atoms with Crippen molar-refractivity contribution in [2.75, 3.05) is 0 Å². The molecule has 0 aliphatic rings. The summed E-state index contributed by atoms with van der Waals surface area (Å²) in [4.78, 5) is 0. The van der Waals surface area contributed by atoms with Crippen LogP contribution in [0.1, 0.15) is 20.8 Å². The maximum atomic E-state index is 3.68. The normalized spacial score (nSPS) is 13.1. The summed E-state index contributed by atoms with van der Waals surface area (Å²) in [5.41, 5.74) is 0.182. The Labute approximate surface area is 50.4 Å². The first-order valence-corrected chi connectivity index (χ1v) is 2.65. The van der Waals surface area contributed by atoms with Gasteiger partial charge in [-0.25, -0.2) is 4.40 Å². The lowest BCUT2D eigenvalue weighted by atomic mass is 10.00. The monoisotopic (exact) mass is 117 g/mol. The number of rotatable bonds is 0. The third-order valence-corrected chi connectivity index (χ3v) is 0.561. The van der Waals surface area contributed by atoms with E-state index >= 15 is 0 Å².